The first-order valence-electron chi connectivity index (χ1n) is 6.02. The van der Waals surface area contributed by atoms with Gasteiger partial charge in [-0.1, -0.05) is 13.8 Å². The van der Waals surface area contributed by atoms with Crippen molar-refractivity contribution in [1.29, 1.82) is 0 Å². The topological polar surface area (TPSA) is 72.6 Å². The maximum absolute atomic E-state index is 12.1. The zero-order valence-corrected chi connectivity index (χ0v) is 11.4. The second-order valence-corrected chi connectivity index (χ2v) is 4.63. The summed E-state index contributed by atoms with van der Waals surface area (Å²) in [6.07, 6.45) is 0. The molecule has 0 spiro atoms. The Balaban J connectivity index is 4.63. The van der Waals surface area contributed by atoms with E-state index in [9.17, 15) is 9.59 Å². The number of ether oxygens (including phenoxy) is 1. The highest BCUT2D eigenvalue weighted by atomic mass is 16.5. The largest absolute Gasteiger partial charge is 0.465 e. The molecule has 0 unspecified atom stereocenters. The molecular formula is C12H24N2O3. The quantitative estimate of drug-likeness (QED) is 0.700. The SMILES string of the molecule is CCOC(=O)CN(C(=O)[C@@H](N)C(C)C)C(C)C. The predicted octanol–water partition coefficient (Wildman–Crippen LogP) is 0.770. The van der Waals surface area contributed by atoms with Crippen LogP contribution < -0.4 is 5.73 Å². The fourth-order valence-corrected chi connectivity index (χ4v) is 1.34. The van der Waals surface area contributed by atoms with Gasteiger partial charge in [0, 0.05) is 6.04 Å². The Labute approximate surface area is 103 Å². The van der Waals surface area contributed by atoms with Gasteiger partial charge in [-0.3, -0.25) is 9.59 Å². The maximum atomic E-state index is 12.1. The number of hydrogen-bond donors (Lipinski definition) is 1. The Morgan fingerprint density at radius 3 is 2.12 bits per heavy atom. The minimum Gasteiger partial charge on any atom is -0.465 e. The van der Waals surface area contributed by atoms with Crippen molar-refractivity contribution in [3.63, 3.8) is 0 Å². The Morgan fingerprint density at radius 1 is 1.24 bits per heavy atom. The van der Waals surface area contributed by atoms with Gasteiger partial charge >= 0.3 is 5.97 Å². The van der Waals surface area contributed by atoms with Crippen molar-refractivity contribution >= 4 is 11.9 Å². The Kier molecular flexibility index (Phi) is 6.80. The van der Waals surface area contributed by atoms with Crippen LogP contribution in [0.4, 0.5) is 0 Å². The lowest BCUT2D eigenvalue weighted by atomic mass is 10.0. The van der Waals surface area contributed by atoms with Crippen LogP contribution in [-0.2, 0) is 14.3 Å². The highest BCUT2D eigenvalue weighted by Gasteiger charge is 2.27. The molecule has 0 radical (unpaired) electrons. The van der Waals surface area contributed by atoms with E-state index in [1.165, 1.54) is 4.90 Å². The van der Waals surface area contributed by atoms with E-state index in [1.54, 1.807) is 6.92 Å². The number of nitrogens with zero attached hydrogens (tertiary/aromatic N) is 1. The lowest BCUT2D eigenvalue weighted by Crippen LogP contribution is -2.51. The Bertz CT molecular complexity index is 264. The van der Waals surface area contributed by atoms with Gasteiger partial charge in [0.05, 0.1) is 12.6 Å². The average molecular weight is 244 g/mol. The van der Waals surface area contributed by atoms with E-state index in [-0.39, 0.29) is 24.4 Å². The van der Waals surface area contributed by atoms with Gasteiger partial charge in [0.2, 0.25) is 5.91 Å². The van der Waals surface area contributed by atoms with Crippen LogP contribution in [0.15, 0.2) is 0 Å². The molecule has 1 atom stereocenters. The van der Waals surface area contributed by atoms with Crippen LogP contribution in [0.25, 0.3) is 0 Å². The number of hydrogen-bond acceptors (Lipinski definition) is 4. The van der Waals surface area contributed by atoms with Crippen LogP contribution in [0, 0.1) is 5.92 Å². The molecule has 2 N–H and O–H groups in total. The molecule has 0 bridgehead atoms. The number of carbonyl (C=O) groups excluding carboxylic acids is 2. The standard InChI is InChI=1S/C12H24N2O3/c1-6-17-10(15)7-14(9(4)5)12(16)11(13)8(2)3/h8-9,11H,6-7,13H2,1-5H3/t11-/m0/s1. The first-order valence-corrected chi connectivity index (χ1v) is 6.02. The number of rotatable bonds is 6. The summed E-state index contributed by atoms with van der Waals surface area (Å²) < 4.78 is 4.84. The molecule has 0 aliphatic carbocycles. The summed E-state index contributed by atoms with van der Waals surface area (Å²) >= 11 is 0. The lowest BCUT2D eigenvalue weighted by molar-refractivity contribution is -0.150. The van der Waals surface area contributed by atoms with E-state index in [4.69, 9.17) is 10.5 Å². The second kappa shape index (κ2) is 7.27. The summed E-state index contributed by atoms with van der Waals surface area (Å²) in [5.74, 6) is -0.556. The van der Waals surface area contributed by atoms with E-state index in [1.807, 2.05) is 27.7 Å². The monoisotopic (exact) mass is 244 g/mol. The van der Waals surface area contributed by atoms with Crippen LogP contribution in [0.3, 0.4) is 0 Å². The van der Waals surface area contributed by atoms with Crippen LogP contribution >= 0.6 is 0 Å². The molecule has 0 aliphatic rings. The van der Waals surface area contributed by atoms with Crippen molar-refractivity contribution in [1.82, 2.24) is 4.90 Å². The average Bonchev–Trinajstić information content (AvgIpc) is 2.23. The maximum Gasteiger partial charge on any atom is 0.325 e. The zero-order chi connectivity index (χ0) is 13.6. The number of carbonyl (C=O) groups is 2. The third-order valence-electron chi connectivity index (χ3n) is 2.51. The molecule has 100 valence electrons. The van der Waals surface area contributed by atoms with Gasteiger partial charge in [0.25, 0.3) is 0 Å². The van der Waals surface area contributed by atoms with E-state index in [0.29, 0.717) is 6.61 Å². The molecule has 0 saturated carbocycles. The highest BCUT2D eigenvalue weighted by Crippen LogP contribution is 2.07. The first-order chi connectivity index (χ1) is 7.81. The number of amides is 1. The molecule has 0 aliphatic heterocycles. The molecule has 0 saturated heterocycles. The van der Waals surface area contributed by atoms with Crippen LogP contribution in [-0.4, -0.2) is 42.0 Å². The molecule has 0 heterocycles. The molecule has 1 amide bonds. The minimum absolute atomic E-state index is 0.0369. The van der Waals surface area contributed by atoms with Gasteiger partial charge in [-0.05, 0) is 26.7 Å². The van der Waals surface area contributed by atoms with Crippen molar-refractivity contribution in [3.8, 4) is 0 Å². The molecule has 0 rings (SSSR count). The lowest BCUT2D eigenvalue weighted by Gasteiger charge is -2.29. The normalized spacial score (nSPS) is 12.7. The van der Waals surface area contributed by atoms with Gasteiger partial charge in [0.15, 0.2) is 0 Å². The van der Waals surface area contributed by atoms with Crippen molar-refractivity contribution < 1.29 is 14.3 Å². The summed E-state index contributed by atoms with van der Waals surface area (Å²) in [6.45, 7) is 9.48. The summed E-state index contributed by atoms with van der Waals surface area (Å²) in [7, 11) is 0. The molecule has 0 aromatic carbocycles. The Morgan fingerprint density at radius 2 is 1.76 bits per heavy atom. The second-order valence-electron chi connectivity index (χ2n) is 4.63. The summed E-state index contributed by atoms with van der Waals surface area (Å²) in [4.78, 5) is 24.9. The molecule has 5 nitrogen and oxygen atoms in total. The van der Waals surface area contributed by atoms with E-state index in [0.717, 1.165) is 0 Å². The Hall–Kier alpha value is -1.10. The van der Waals surface area contributed by atoms with Crippen molar-refractivity contribution in [2.45, 2.75) is 46.7 Å². The highest BCUT2D eigenvalue weighted by molar-refractivity contribution is 5.86. The van der Waals surface area contributed by atoms with E-state index < -0.39 is 12.0 Å². The van der Waals surface area contributed by atoms with E-state index in [2.05, 4.69) is 0 Å². The number of nitrogens with two attached hydrogens (primary N) is 1. The van der Waals surface area contributed by atoms with Gasteiger partial charge < -0.3 is 15.4 Å². The van der Waals surface area contributed by atoms with Gasteiger partial charge in [-0.2, -0.15) is 0 Å². The van der Waals surface area contributed by atoms with Gasteiger partial charge in [-0.25, -0.2) is 0 Å². The van der Waals surface area contributed by atoms with Gasteiger partial charge in [0.1, 0.15) is 6.54 Å². The third kappa shape index (κ3) is 5.17. The van der Waals surface area contributed by atoms with E-state index >= 15 is 0 Å². The van der Waals surface area contributed by atoms with Crippen LogP contribution in [0.1, 0.15) is 34.6 Å². The fourth-order valence-electron chi connectivity index (χ4n) is 1.34. The number of esters is 1. The smallest absolute Gasteiger partial charge is 0.325 e. The van der Waals surface area contributed by atoms with Crippen LogP contribution in [0.2, 0.25) is 0 Å². The third-order valence-corrected chi connectivity index (χ3v) is 2.51. The van der Waals surface area contributed by atoms with Crippen molar-refractivity contribution in [2.75, 3.05) is 13.2 Å². The molecular weight excluding hydrogens is 220 g/mol. The molecule has 0 aromatic heterocycles. The molecule has 5 heteroatoms. The van der Waals surface area contributed by atoms with Gasteiger partial charge in [-0.15, -0.1) is 0 Å². The van der Waals surface area contributed by atoms with Crippen molar-refractivity contribution in [2.24, 2.45) is 11.7 Å². The minimum atomic E-state index is -0.577. The molecule has 0 fully saturated rings. The fraction of sp³-hybridized carbons (Fsp3) is 0.833. The van der Waals surface area contributed by atoms with Crippen LogP contribution in [0.5, 0.6) is 0 Å². The summed E-state index contributed by atoms with van der Waals surface area (Å²) in [5.41, 5.74) is 5.81. The summed E-state index contributed by atoms with van der Waals surface area (Å²) in [5, 5.41) is 0. The predicted molar refractivity (Wildman–Crippen MR) is 66.3 cm³/mol. The molecule has 0 aromatic rings. The van der Waals surface area contributed by atoms with Crippen molar-refractivity contribution in [3.05, 3.63) is 0 Å². The first kappa shape index (κ1) is 15.9. The zero-order valence-electron chi connectivity index (χ0n) is 11.4. The summed E-state index contributed by atoms with van der Waals surface area (Å²) in [6, 6.07) is -0.650. The molecule has 17 heavy (non-hydrogen) atoms.